The monoisotopic (exact) mass is 282 g/mol. The number of nitrogens with one attached hydrogen (secondary N) is 2. The van der Waals surface area contributed by atoms with Gasteiger partial charge in [0.05, 0.1) is 0 Å². The van der Waals surface area contributed by atoms with Gasteiger partial charge >= 0.3 is 0 Å². The lowest BCUT2D eigenvalue weighted by atomic mass is 10.1. The molecule has 2 aliphatic rings. The molecule has 0 aliphatic carbocycles. The molecule has 4 heterocycles. The largest absolute Gasteiger partial charge is 0.350 e. The molecule has 2 N–H and O–H groups in total. The molecule has 0 bridgehead atoms. The van der Waals surface area contributed by atoms with Crippen molar-refractivity contribution in [3.63, 3.8) is 0 Å². The summed E-state index contributed by atoms with van der Waals surface area (Å²) in [5, 5.41) is 5.42. The van der Waals surface area contributed by atoms with Gasteiger partial charge < -0.3 is 10.6 Å². The molecule has 6 heteroatoms. The van der Waals surface area contributed by atoms with Crippen molar-refractivity contribution in [2.45, 2.75) is 13.0 Å². The van der Waals surface area contributed by atoms with Gasteiger partial charge in [0.25, 0.3) is 11.8 Å². The first-order valence-corrected chi connectivity index (χ1v) is 6.70. The normalized spacial score (nSPS) is 15.0. The fourth-order valence-corrected chi connectivity index (χ4v) is 2.28. The summed E-state index contributed by atoms with van der Waals surface area (Å²) in [6.45, 7) is 1.36. The number of hydrogen-bond acceptors (Lipinski definition) is 4. The lowest BCUT2D eigenvalue weighted by molar-refractivity contribution is 0.0937. The molecule has 2 aliphatic heterocycles. The molecule has 0 atom stereocenters. The van der Waals surface area contributed by atoms with E-state index in [0.29, 0.717) is 17.9 Å². The smallest absolute Gasteiger partial charge is 0.270 e. The van der Waals surface area contributed by atoms with Crippen molar-refractivity contribution >= 4 is 11.8 Å². The summed E-state index contributed by atoms with van der Waals surface area (Å²) in [5.41, 5.74) is 3.20. The van der Waals surface area contributed by atoms with Crippen molar-refractivity contribution in [3.05, 3.63) is 59.2 Å². The lowest BCUT2D eigenvalue weighted by Gasteiger charge is -2.13. The van der Waals surface area contributed by atoms with E-state index in [0.717, 1.165) is 24.1 Å². The predicted octanol–water partition coefficient (Wildman–Crippen LogP) is 0.692. The summed E-state index contributed by atoms with van der Waals surface area (Å²) in [6, 6.07) is 7.54. The maximum absolute atomic E-state index is 11.1. The van der Waals surface area contributed by atoms with Gasteiger partial charge in [-0.3, -0.25) is 19.6 Å². The van der Waals surface area contributed by atoms with E-state index in [2.05, 4.69) is 20.6 Å². The second kappa shape index (κ2) is 5.70. The molecule has 0 spiro atoms. The first-order valence-electron chi connectivity index (χ1n) is 6.70. The van der Waals surface area contributed by atoms with Gasteiger partial charge in [-0.25, -0.2) is 0 Å². The van der Waals surface area contributed by atoms with E-state index in [4.69, 9.17) is 0 Å². The summed E-state index contributed by atoms with van der Waals surface area (Å²) in [5.74, 6) is -0.109. The SMILES string of the molecule is O=C1NCCc2cccnc21.O=C1NCc2cccnc21. The zero-order chi connectivity index (χ0) is 14.7. The third kappa shape index (κ3) is 2.74. The standard InChI is InChI=1S/C8H8N2O.C7H6N2O/c11-8-7-6(3-5-10-8)2-1-4-9-7;10-7-6-5(4-9-7)2-1-3-8-6/h1-2,4H,3,5H2,(H,10,11);1-3H,4H2,(H,9,10). The van der Waals surface area contributed by atoms with Gasteiger partial charge in [0.2, 0.25) is 0 Å². The third-order valence-electron chi connectivity index (χ3n) is 3.33. The number of nitrogens with zero attached hydrogens (tertiary/aromatic N) is 2. The second-order valence-electron chi connectivity index (χ2n) is 4.71. The Labute approximate surface area is 121 Å². The average molecular weight is 282 g/mol. The summed E-state index contributed by atoms with van der Waals surface area (Å²) >= 11 is 0. The first kappa shape index (κ1) is 13.2. The van der Waals surface area contributed by atoms with Gasteiger partial charge in [-0.05, 0) is 24.1 Å². The molecule has 0 aromatic carbocycles. The van der Waals surface area contributed by atoms with E-state index in [1.54, 1.807) is 12.4 Å². The van der Waals surface area contributed by atoms with Crippen molar-refractivity contribution in [1.82, 2.24) is 20.6 Å². The molecule has 2 aromatic rings. The molecule has 106 valence electrons. The topological polar surface area (TPSA) is 84.0 Å². The van der Waals surface area contributed by atoms with Gasteiger partial charge in [-0.2, -0.15) is 0 Å². The molecule has 2 aromatic heterocycles. The second-order valence-corrected chi connectivity index (χ2v) is 4.71. The van der Waals surface area contributed by atoms with Gasteiger partial charge in [0, 0.05) is 31.0 Å². The zero-order valence-electron chi connectivity index (χ0n) is 11.3. The molecule has 0 radical (unpaired) electrons. The minimum Gasteiger partial charge on any atom is -0.350 e. The number of pyridine rings is 2. The van der Waals surface area contributed by atoms with Crippen LogP contribution in [0.2, 0.25) is 0 Å². The van der Waals surface area contributed by atoms with Crippen LogP contribution < -0.4 is 10.6 Å². The summed E-state index contributed by atoms with van der Waals surface area (Å²) < 4.78 is 0. The van der Waals surface area contributed by atoms with Crippen LogP contribution in [0.1, 0.15) is 32.1 Å². The fourth-order valence-electron chi connectivity index (χ4n) is 2.28. The number of hydrogen-bond donors (Lipinski definition) is 2. The summed E-state index contributed by atoms with van der Waals surface area (Å²) in [4.78, 5) is 29.9. The van der Waals surface area contributed by atoms with Crippen LogP contribution in [0.25, 0.3) is 0 Å². The van der Waals surface area contributed by atoms with E-state index in [1.165, 1.54) is 0 Å². The molecule has 0 saturated carbocycles. The fraction of sp³-hybridized carbons (Fsp3) is 0.200. The van der Waals surface area contributed by atoms with Gasteiger partial charge in [0.1, 0.15) is 11.4 Å². The number of rotatable bonds is 0. The minimum absolute atomic E-state index is 0.0492. The molecule has 2 amide bonds. The van der Waals surface area contributed by atoms with Crippen molar-refractivity contribution in [3.8, 4) is 0 Å². The van der Waals surface area contributed by atoms with E-state index < -0.39 is 0 Å². The minimum atomic E-state index is -0.0596. The van der Waals surface area contributed by atoms with Crippen molar-refractivity contribution < 1.29 is 9.59 Å². The van der Waals surface area contributed by atoms with Crippen LogP contribution in [0.3, 0.4) is 0 Å². The Hall–Kier alpha value is -2.76. The number of amides is 2. The molecule has 21 heavy (non-hydrogen) atoms. The Balaban J connectivity index is 0.000000126. The van der Waals surface area contributed by atoms with Crippen LogP contribution in [0.5, 0.6) is 0 Å². The highest BCUT2D eigenvalue weighted by Gasteiger charge is 2.18. The highest BCUT2D eigenvalue weighted by Crippen LogP contribution is 2.10. The van der Waals surface area contributed by atoms with E-state index in [9.17, 15) is 9.59 Å². The third-order valence-corrected chi connectivity index (χ3v) is 3.33. The highest BCUT2D eigenvalue weighted by molar-refractivity contribution is 5.96. The molecular weight excluding hydrogens is 268 g/mol. The first-order chi connectivity index (χ1) is 10.3. The Kier molecular flexibility index (Phi) is 3.59. The van der Waals surface area contributed by atoms with Crippen molar-refractivity contribution in [1.29, 1.82) is 0 Å². The molecule has 0 fully saturated rings. The van der Waals surface area contributed by atoms with Crippen LogP contribution >= 0.6 is 0 Å². The number of fused-ring (bicyclic) bond motifs is 2. The van der Waals surface area contributed by atoms with E-state index in [1.807, 2.05) is 24.3 Å². The number of carbonyl (C=O) groups is 2. The van der Waals surface area contributed by atoms with Crippen molar-refractivity contribution in [2.75, 3.05) is 6.54 Å². The van der Waals surface area contributed by atoms with Crippen LogP contribution in [0.15, 0.2) is 36.7 Å². The predicted molar refractivity (Wildman–Crippen MR) is 75.7 cm³/mol. The van der Waals surface area contributed by atoms with Crippen LogP contribution in [0, 0.1) is 0 Å². The number of aromatic nitrogens is 2. The summed E-state index contributed by atoms with van der Waals surface area (Å²) in [6.07, 6.45) is 4.17. The van der Waals surface area contributed by atoms with Gasteiger partial charge in [-0.15, -0.1) is 0 Å². The van der Waals surface area contributed by atoms with E-state index in [-0.39, 0.29) is 11.8 Å². The molecule has 0 saturated heterocycles. The van der Waals surface area contributed by atoms with Gasteiger partial charge in [-0.1, -0.05) is 12.1 Å². The molecule has 0 unspecified atom stereocenters. The van der Waals surface area contributed by atoms with Crippen LogP contribution in [-0.4, -0.2) is 28.3 Å². The quantitative estimate of drug-likeness (QED) is 0.744. The molecule has 4 rings (SSSR count). The van der Waals surface area contributed by atoms with E-state index >= 15 is 0 Å². The lowest BCUT2D eigenvalue weighted by Crippen LogP contribution is -2.32. The Bertz CT molecular complexity index is 700. The highest BCUT2D eigenvalue weighted by atomic mass is 16.2. The van der Waals surface area contributed by atoms with Crippen molar-refractivity contribution in [2.24, 2.45) is 0 Å². The molecular formula is C15H14N4O2. The Morgan fingerprint density at radius 2 is 1.48 bits per heavy atom. The molecule has 6 nitrogen and oxygen atoms in total. The Morgan fingerprint density at radius 1 is 0.857 bits per heavy atom. The average Bonchev–Trinajstić information content (AvgIpc) is 2.91. The maximum atomic E-state index is 11.1. The van der Waals surface area contributed by atoms with Crippen LogP contribution in [0.4, 0.5) is 0 Å². The zero-order valence-corrected chi connectivity index (χ0v) is 11.3. The van der Waals surface area contributed by atoms with Gasteiger partial charge in [0.15, 0.2) is 0 Å². The Morgan fingerprint density at radius 3 is 2.14 bits per heavy atom. The maximum Gasteiger partial charge on any atom is 0.270 e. The summed E-state index contributed by atoms with van der Waals surface area (Å²) in [7, 11) is 0. The van der Waals surface area contributed by atoms with Crippen LogP contribution in [-0.2, 0) is 13.0 Å². The number of carbonyl (C=O) groups excluding carboxylic acids is 2.